The summed E-state index contributed by atoms with van der Waals surface area (Å²) in [4.78, 5) is 19.9. The highest BCUT2D eigenvalue weighted by molar-refractivity contribution is 5.96. The Balaban J connectivity index is 1.67. The molecule has 0 bridgehead atoms. The molecular weight excluding hydrogens is 274 g/mol. The van der Waals surface area contributed by atoms with Crippen LogP contribution in [0.15, 0.2) is 41.6 Å². The second kappa shape index (κ2) is 5.43. The van der Waals surface area contributed by atoms with E-state index in [9.17, 15) is 4.79 Å². The average Bonchev–Trinajstić information content (AvgIpc) is 3.02. The summed E-state index contributed by atoms with van der Waals surface area (Å²) >= 11 is 0. The van der Waals surface area contributed by atoms with Gasteiger partial charge in [0.2, 0.25) is 0 Å². The summed E-state index contributed by atoms with van der Waals surface area (Å²) in [6.07, 6.45) is 3.59. The van der Waals surface area contributed by atoms with Crippen molar-refractivity contribution in [2.24, 2.45) is 0 Å². The van der Waals surface area contributed by atoms with Crippen LogP contribution in [0.4, 0.5) is 0 Å². The van der Waals surface area contributed by atoms with Gasteiger partial charge in [-0.2, -0.15) is 0 Å². The normalized spacial score (nSPS) is 25.5. The Morgan fingerprint density at radius 1 is 1.18 bits per heavy atom. The zero-order valence-electron chi connectivity index (χ0n) is 13.2. The summed E-state index contributed by atoms with van der Waals surface area (Å²) in [6, 6.07) is 10.4. The molecule has 1 saturated heterocycles. The topological polar surface area (TPSA) is 26.8 Å². The lowest BCUT2D eigenvalue weighted by molar-refractivity contribution is -0.135. The van der Waals surface area contributed by atoms with Gasteiger partial charge in [-0.05, 0) is 25.5 Å². The third kappa shape index (κ3) is 2.22. The van der Waals surface area contributed by atoms with E-state index in [1.807, 2.05) is 6.07 Å². The minimum atomic E-state index is 0.258. The fourth-order valence-electron chi connectivity index (χ4n) is 4.05. The molecular formula is C18H23N3O. The highest BCUT2D eigenvalue weighted by Gasteiger charge is 2.42. The van der Waals surface area contributed by atoms with E-state index in [2.05, 4.69) is 46.0 Å². The fraction of sp³-hybridized carbons (Fsp3) is 0.500. The zero-order valence-corrected chi connectivity index (χ0v) is 13.2. The molecule has 1 fully saturated rings. The summed E-state index contributed by atoms with van der Waals surface area (Å²) in [5.41, 5.74) is 3.58. The molecule has 0 aromatic heterocycles. The van der Waals surface area contributed by atoms with Gasteiger partial charge in [0.1, 0.15) is 6.17 Å². The van der Waals surface area contributed by atoms with Crippen LogP contribution >= 0.6 is 0 Å². The number of nitrogens with zero attached hydrogens (tertiary/aromatic N) is 3. The van der Waals surface area contributed by atoms with E-state index in [-0.39, 0.29) is 12.1 Å². The SMILES string of the molecule is CN1CCC2=C(C1)C(=O)N(Cc1ccccc1)C1CCCN21. The number of amides is 1. The Morgan fingerprint density at radius 2 is 2.00 bits per heavy atom. The summed E-state index contributed by atoms with van der Waals surface area (Å²) in [7, 11) is 2.11. The van der Waals surface area contributed by atoms with E-state index in [1.165, 1.54) is 17.7 Å². The van der Waals surface area contributed by atoms with Crippen molar-refractivity contribution in [2.75, 3.05) is 26.7 Å². The van der Waals surface area contributed by atoms with Crippen molar-refractivity contribution in [1.82, 2.24) is 14.7 Å². The highest BCUT2D eigenvalue weighted by Crippen LogP contribution is 2.36. The molecule has 3 heterocycles. The van der Waals surface area contributed by atoms with Crippen LogP contribution in [0.1, 0.15) is 24.8 Å². The summed E-state index contributed by atoms with van der Waals surface area (Å²) in [5.74, 6) is 0.258. The molecule has 22 heavy (non-hydrogen) atoms. The van der Waals surface area contributed by atoms with Crippen molar-refractivity contribution in [3.8, 4) is 0 Å². The van der Waals surface area contributed by atoms with Gasteiger partial charge >= 0.3 is 0 Å². The van der Waals surface area contributed by atoms with Gasteiger partial charge in [0.05, 0.1) is 5.57 Å². The molecule has 0 radical (unpaired) electrons. The molecule has 0 saturated carbocycles. The van der Waals surface area contributed by atoms with Crippen LogP contribution in [0, 0.1) is 0 Å². The summed E-state index contributed by atoms with van der Waals surface area (Å²) in [6.45, 7) is 3.68. The predicted molar refractivity (Wildman–Crippen MR) is 85.9 cm³/mol. The molecule has 4 rings (SSSR count). The Kier molecular flexibility index (Phi) is 3.41. The van der Waals surface area contributed by atoms with E-state index in [1.54, 1.807) is 0 Å². The van der Waals surface area contributed by atoms with Gasteiger partial charge in [-0.1, -0.05) is 30.3 Å². The van der Waals surface area contributed by atoms with Crippen molar-refractivity contribution in [1.29, 1.82) is 0 Å². The monoisotopic (exact) mass is 297 g/mol. The van der Waals surface area contributed by atoms with Gasteiger partial charge in [0.25, 0.3) is 5.91 Å². The van der Waals surface area contributed by atoms with E-state index in [4.69, 9.17) is 0 Å². The van der Waals surface area contributed by atoms with Crippen LogP contribution < -0.4 is 0 Å². The molecule has 116 valence electrons. The second-order valence-corrected chi connectivity index (χ2v) is 6.65. The Hall–Kier alpha value is -1.81. The Labute approximate surface area is 132 Å². The second-order valence-electron chi connectivity index (χ2n) is 6.65. The molecule has 4 heteroatoms. The lowest BCUT2D eigenvalue weighted by Gasteiger charge is -2.46. The molecule has 3 aliphatic heterocycles. The largest absolute Gasteiger partial charge is 0.354 e. The van der Waals surface area contributed by atoms with Crippen LogP contribution in [-0.2, 0) is 11.3 Å². The van der Waals surface area contributed by atoms with Gasteiger partial charge in [-0.3, -0.25) is 4.79 Å². The number of carbonyl (C=O) groups excluding carboxylic acids is 1. The number of rotatable bonds is 2. The van der Waals surface area contributed by atoms with Crippen LogP contribution in [-0.4, -0.2) is 53.5 Å². The molecule has 1 unspecified atom stereocenters. The zero-order chi connectivity index (χ0) is 15.1. The first-order chi connectivity index (χ1) is 10.7. The van der Waals surface area contributed by atoms with Crippen molar-refractivity contribution in [3.63, 3.8) is 0 Å². The fourth-order valence-corrected chi connectivity index (χ4v) is 4.05. The average molecular weight is 297 g/mol. The van der Waals surface area contributed by atoms with Crippen molar-refractivity contribution in [3.05, 3.63) is 47.2 Å². The molecule has 1 aromatic rings. The molecule has 4 nitrogen and oxygen atoms in total. The lowest BCUT2D eigenvalue weighted by Crippen LogP contribution is -2.55. The number of carbonyl (C=O) groups is 1. The van der Waals surface area contributed by atoms with Crippen LogP contribution in [0.5, 0.6) is 0 Å². The number of likely N-dealkylation sites (N-methyl/N-ethyl adjacent to an activating group) is 1. The molecule has 0 aliphatic carbocycles. The highest BCUT2D eigenvalue weighted by atomic mass is 16.2. The van der Waals surface area contributed by atoms with Gasteiger partial charge in [-0.15, -0.1) is 0 Å². The Bertz CT molecular complexity index is 610. The standard InChI is InChI=1S/C18H23N3O/c1-19-11-9-16-15(13-19)18(22)21(17-8-5-10-20(16)17)12-14-6-3-2-4-7-14/h2-4,6-7,17H,5,8-13H2,1H3. The number of fused-ring (bicyclic) bond motifs is 2. The van der Waals surface area contributed by atoms with E-state index in [0.717, 1.165) is 44.6 Å². The van der Waals surface area contributed by atoms with Gasteiger partial charge in [0.15, 0.2) is 0 Å². The maximum atomic E-state index is 13.1. The smallest absolute Gasteiger partial charge is 0.254 e. The first-order valence-corrected chi connectivity index (χ1v) is 8.26. The first-order valence-electron chi connectivity index (χ1n) is 8.26. The van der Waals surface area contributed by atoms with Crippen LogP contribution in [0.25, 0.3) is 0 Å². The van der Waals surface area contributed by atoms with Crippen molar-refractivity contribution >= 4 is 5.91 Å². The minimum absolute atomic E-state index is 0.258. The van der Waals surface area contributed by atoms with Gasteiger partial charge in [-0.25, -0.2) is 0 Å². The van der Waals surface area contributed by atoms with E-state index >= 15 is 0 Å². The molecule has 1 aromatic carbocycles. The van der Waals surface area contributed by atoms with Crippen molar-refractivity contribution < 1.29 is 4.79 Å². The third-order valence-electron chi connectivity index (χ3n) is 5.15. The summed E-state index contributed by atoms with van der Waals surface area (Å²) < 4.78 is 0. The van der Waals surface area contributed by atoms with Gasteiger partial charge in [0, 0.05) is 38.3 Å². The van der Waals surface area contributed by atoms with Crippen molar-refractivity contribution in [2.45, 2.75) is 32.0 Å². The maximum Gasteiger partial charge on any atom is 0.254 e. The van der Waals surface area contributed by atoms with Crippen LogP contribution in [0.2, 0.25) is 0 Å². The predicted octanol–water partition coefficient (Wildman–Crippen LogP) is 2.04. The molecule has 0 N–H and O–H groups in total. The molecule has 0 spiro atoms. The summed E-state index contributed by atoms with van der Waals surface area (Å²) in [5, 5.41) is 0. The number of benzene rings is 1. The van der Waals surface area contributed by atoms with E-state index in [0.29, 0.717) is 0 Å². The minimum Gasteiger partial charge on any atom is -0.354 e. The lowest BCUT2D eigenvalue weighted by atomic mass is 9.99. The quantitative estimate of drug-likeness (QED) is 0.836. The maximum absolute atomic E-state index is 13.1. The molecule has 1 amide bonds. The van der Waals surface area contributed by atoms with Gasteiger partial charge < -0.3 is 14.7 Å². The molecule has 1 atom stereocenters. The molecule has 3 aliphatic rings. The number of hydrogen-bond acceptors (Lipinski definition) is 3. The van der Waals surface area contributed by atoms with Crippen LogP contribution in [0.3, 0.4) is 0 Å². The first kappa shape index (κ1) is 13.8. The Morgan fingerprint density at radius 3 is 2.82 bits per heavy atom. The van der Waals surface area contributed by atoms with E-state index < -0.39 is 0 Å². The third-order valence-corrected chi connectivity index (χ3v) is 5.15. The number of hydrogen-bond donors (Lipinski definition) is 0.